The van der Waals surface area contributed by atoms with E-state index in [4.69, 9.17) is 17.6 Å². The third-order valence-electron chi connectivity index (χ3n) is 9.64. The zero-order valence-corrected chi connectivity index (χ0v) is 28.0. The molecule has 5 nitrogen and oxygen atoms in total. The zero-order valence-electron chi connectivity index (χ0n) is 34.0. The summed E-state index contributed by atoms with van der Waals surface area (Å²) in [7, 11) is 2.00. The topological polar surface area (TPSA) is 47.7 Å². The lowest BCUT2D eigenvalue weighted by Gasteiger charge is -2.21. The van der Waals surface area contributed by atoms with E-state index in [1.807, 2.05) is 32.2 Å². The van der Waals surface area contributed by atoms with Crippen molar-refractivity contribution in [2.24, 2.45) is 7.05 Å². The van der Waals surface area contributed by atoms with Crippen LogP contribution in [0.1, 0.15) is 76.0 Å². The van der Waals surface area contributed by atoms with Gasteiger partial charge in [-0.2, -0.15) is 4.57 Å². The van der Waals surface area contributed by atoms with Gasteiger partial charge < -0.3 is 4.42 Å². The van der Waals surface area contributed by atoms with Crippen LogP contribution in [0.5, 0.6) is 0 Å². The number of aryl methyl sites for hydroxylation is 4. The molecule has 0 unspecified atom stereocenters. The van der Waals surface area contributed by atoms with Crippen LogP contribution in [0.3, 0.4) is 0 Å². The van der Waals surface area contributed by atoms with E-state index in [1.165, 1.54) is 0 Å². The van der Waals surface area contributed by atoms with E-state index in [9.17, 15) is 0 Å². The number of fused-ring (bicyclic) bond motifs is 6. The molecule has 0 N–H and O–H groups in total. The summed E-state index contributed by atoms with van der Waals surface area (Å²) < 4.78 is 62.0. The summed E-state index contributed by atoms with van der Waals surface area (Å²) >= 11 is 0. The number of nitrogens with zero attached hydrogens (tertiary/aromatic N) is 4. The van der Waals surface area contributed by atoms with Crippen molar-refractivity contribution in [1.82, 2.24) is 14.5 Å². The molecule has 0 bridgehead atoms. The number of imidazole rings is 1. The first kappa shape index (κ1) is 23.9. The Balaban J connectivity index is 1.58. The molecule has 0 amide bonds. The smallest absolute Gasteiger partial charge is 0.300 e. The minimum atomic E-state index is -2.61. The molecule has 0 saturated carbocycles. The Bertz CT molecular complexity index is 2750. The van der Waals surface area contributed by atoms with Gasteiger partial charge in [-0.15, -0.1) is 0 Å². The monoisotopic (exact) mass is 635 g/mol. The molecule has 0 saturated heterocycles. The molecular formula is C43H41N4O+. The quantitative estimate of drug-likeness (QED) is 0.177. The van der Waals surface area contributed by atoms with Crippen LogP contribution >= 0.6 is 0 Å². The lowest BCUT2D eigenvalue weighted by atomic mass is 9.88. The van der Waals surface area contributed by atoms with E-state index in [0.29, 0.717) is 38.4 Å². The number of para-hydroxylation sites is 2. The van der Waals surface area contributed by atoms with Crippen LogP contribution in [0.25, 0.3) is 72.1 Å². The normalized spacial score (nSPS) is 14.5. The lowest BCUT2D eigenvalue weighted by Crippen LogP contribution is -2.31. The van der Waals surface area contributed by atoms with Crippen molar-refractivity contribution in [2.75, 3.05) is 0 Å². The van der Waals surface area contributed by atoms with Gasteiger partial charge in [-0.25, -0.2) is 9.55 Å². The molecular weight excluding hydrogens is 589 g/mol. The highest BCUT2D eigenvalue weighted by molar-refractivity contribution is 6.20. The van der Waals surface area contributed by atoms with Gasteiger partial charge in [-0.05, 0) is 73.2 Å². The number of rotatable bonds is 5. The average Bonchev–Trinajstić information content (AvgIpc) is 3.65. The number of hydrogen-bond donors (Lipinski definition) is 0. The molecule has 0 spiro atoms. The third kappa shape index (κ3) is 4.41. The van der Waals surface area contributed by atoms with Gasteiger partial charge in [0.15, 0.2) is 16.6 Å². The molecule has 0 aliphatic rings. The Labute approximate surface area is 289 Å². The number of benzene rings is 4. The van der Waals surface area contributed by atoms with Gasteiger partial charge >= 0.3 is 5.82 Å². The Kier molecular flexibility index (Phi) is 5.57. The van der Waals surface area contributed by atoms with E-state index in [0.717, 1.165) is 44.8 Å². The largest absolute Gasteiger partial charge is 0.437 e. The maximum Gasteiger partial charge on any atom is 0.300 e. The summed E-state index contributed by atoms with van der Waals surface area (Å²) in [6, 6.07) is 30.2. The van der Waals surface area contributed by atoms with Crippen LogP contribution in [-0.4, -0.2) is 14.5 Å². The van der Waals surface area contributed by atoms with Crippen LogP contribution in [-0.2, 0) is 7.05 Å². The molecule has 48 heavy (non-hydrogen) atoms. The van der Waals surface area contributed by atoms with Crippen LogP contribution in [0, 0.1) is 20.6 Å². The first-order valence-corrected chi connectivity index (χ1v) is 16.5. The second kappa shape index (κ2) is 11.2. The Morgan fingerprint density at radius 3 is 2.04 bits per heavy atom. The zero-order chi connectivity index (χ0) is 38.4. The molecule has 0 fully saturated rings. The lowest BCUT2D eigenvalue weighted by molar-refractivity contribution is -0.633. The molecule has 0 aliphatic heterocycles. The molecule has 8 aromatic rings. The second-order valence-corrected chi connectivity index (χ2v) is 13.3. The number of furan rings is 1. The van der Waals surface area contributed by atoms with Crippen LogP contribution in [0.4, 0.5) is 0 Å². The third-order valence-corrected chi connectivity index (χ3v) is 9.64. The second-order valence-electron chi connectivity index (χ2n) is 13.3. The highest BCUT2D eigenvalue weighted by Crippen LogP contribution is 2.44. The van der Waals surface area contributed by atoms with Gasteiger partial charge in [0.25, 0.3) is 0 Å². The standard InChI is InChI=1S/C43H41N4O/c1-24(2)33-22-30(29-16-10-9-11-17-29)23-34(25(3)4)40(33)47-36-21-15-14-20-35(36)46(8)43(47)38-28(7)44-27(6)37-39-32-19-13-12-18-31(32)26(5)45-42(39)48-41(37)38/h9-25H,1-8H3/q+1/i5D3,6D3. The Morgan fingerprint density at radius 2 is 1.35 bits per heavy atom. The molecule has 8 rings (SSSR count). The molecule has 4 heterocycles. The van der Waals surface area contributed by atoms with Crippen LogP contribution < -0.4 is 4.57 Å². The first-order valence-electron chi connectivity index (χ1n) is 19.5. The minimum absolute atomic E-state index is 0.0530. The fraction of sp³-hybridized carbons (Fsp3) is 0.233. The molecule has 0 radical (unpaired) electrons. The maximum absolute atomic E-state index is 8.65. The first-order chi connectivity index (χ1) is 25.6. The molecule has 238 valence electrons. The van der Waals surface area contributed by atoms with Gasteiger partial charge in [0.05, 0.1) is 23.5 Å². The molecule has 4 aromatic heterocycles. The highest BCUT2D eigenvalue weighted by Gasteiger charge is 2.35. The van der Waals surface area contributed by atoms with Crippen molar-refractivity contribution < 1.29 is 17.2 Å². The van der Waals surface area contributed by atoms with Gasteiger partial charge in [-0.1, -0.05) is 94.4 Å². The van der Waals surface area contributed by atoms with Crippen molar-refractivity contribution in [1.29, 1.82) is 0 Å². The predicted molar refractivity (Wildman–Crippen MR) is 198 cm³/mol. The predicted octanol–water partition coefficient (Wildman–Crippen LogP) is 10.8. The summed E-state index contributed by atoms with van der Waals surface area (Å²) in [5.41, 5.74) is 8.74. The summed E-state index contributed by atoms with van der Waals surface area (Å²) in [4.78, 5) is 9.48. The molecule has 0 aliphatic carbocycles. The summed E-state index contributed by atoms with van der Waals surface area (Å²) in [6.45, 7) is 5.48. The number of hydrogen-bond acceptors (Lipinski definition) is 3. The number of aromatic nitrogens is 4. The van der Waals surface area contributed by atoms with Crippen LogP contribution in [0.15, 0.2) is 95.4 Å². The minimum Gasteiger partial charge on any atom is -0.437 e. The Hall–Kier alpha value is -5.29. The van der Waals surface area contributed by atoms with Crippen molar-refractivity contribution in [3.63, 3.8) is 0 Å². The van der Waals surface area contributed by atoms with E-state index in [1.54, 1.807) is 24.3 Å². The van der Waals surface area contributed by atoms with E-state index >= 15 is 0 Å². The SMILES string of the molecule is [2H]C([2H])([2H])c1nc2oc3c(-c4n(-c5c(C(C)C)cc(-c6ccccc6)cc5C(C)C)c5ccccc5[n+]4C)c(C)nc(C([2H])([2H])[2H])c3c2c2ccccc12. The van der Waals surface area contributed by atoms with E-state index < -0.39 is 13.7 Å². The molecule has 5 heteroatoms. The van der Waals surface area contributed by atoms with Crippen molar-refractivity contribution in [3.05, 3.63) is 119 Å². The van der Waals surface area contributed by atoms with Crippen molar-refractivity contribution in [2.45, 2.75) is 60.2 Å². The van der Waals surface area contributed by atoms with Gasteiger partial charge in [0.2, 0.25) is 5.71 Å². The Morgan fingerprint density at radius 1 is 0.708 bits per heavy atom. The van der Waals surface area contributed by atoms with E-state index in [2.05, 4.69) is 90.3 Å². The summed E-state index contributed by atoms with van der Waals surface area (Å²) in [6.07, 6.45) is 0. The highest BCUT2D eigenvalue weighted by atomic mass is 16.3. The molecule has 4 aromatic carbocycles. The maximum atomic E-state index is 8.65. The van der Waals surface area contributed by atoms with Gasteiger partial charge in [0.1, 0.15) is 11.3 Å². The fourth-order valence-electron chi connectivity index (χ4n) is 7.36. The van der Waals surface area contributed by atoms with E-state index in [-0.39, 0.29) is 28.9 Å². The summed E-state index contributed by atoms with van der Waals surface area (Å²) in [5, 5.41) is 1.68. The van der Waals surface area contributed by atoms with Gasteiger partial charge in [0, 0.05) is 36.1 Å². The van der Waals surface area contributed by atoms with Crippen molar-refractivity contribution in [3.8, 4) is 28.2 Å². The summed E-state index contributed by atoms with van der Waals surface area (Å²) in [5.74, 6) is 1.02. The molecule has 0 atom stereocenters. The van der Waals surface area contributed by atoms with Gasteiger partial charge in [-0.3, -0.25) is 4.98 Å². The average molecular weight is 636 g/mol. The fourth-order valence-corrected chi connectivity index (χ4v) is 7.36. The van der Waals surface area contributed by atoms with Crippen molar-refractivity contribution >= 4 is 43.9 Å². The number of pyridine rings is 2. The van der Waals surface area contributed by atoms with Crippen LogP contribution in [0.2, 0.25) is 0 Å².